The van der Waals surface area contributed by atoms with E-state index < -0.39 is 16.8 Å². The van der Waals surface area contributed by atoms with Gasteiger partial charge in [-0.2, -0.15) is 0 Å². The van der Waals surface area contributed by atoms with Crippen molar-refractivity contribution in [3.8, 4) is 11.4 Å². The number of non-ortho nitro benzene ring substituents is 1. The Hall–Kier alpha value is -4.76. The Morgan fingerprint density at radius 2 is 1.84 bits per heavy atom. The number of thioether (sulfide) groups is 1. The molecule has 1 aliphatic rings. The maximum absolute atomic E-state index is 13.2. The lowest BCUT2D eigenvalue weighted by atomic mass is 9.95. The second-order valence-corrected chi connectivity index (χ2v) is 11.9. The van der Waals surface area contributed by atoms with Crippen molar-refractivity contribution in [3.05, 3.63) is 86.0 Å². The number of amides is 2. The lowest BCUT2D eigenvalue weighted by Gasteiger charge is -2.12. The molecule has 0 bridgehead atoms. The fourth-order valence-electron chi connectivity index (χ4n) is 4.94. The van der Waals surface area contributed by atoms with Crippen molar-refractivity contribution in [2.45, 2.75) is 44.3 Å². The molecule has 0 spiro atoms. The van der Waals surface area contributed by atoms with Gasteiger partial charge < -0.3 is 20.1 Å². The van der Waals surface area contributed by atoms with E-state index >= 15 is 0 Å². The first kappa shape index (κ1) is 31.7. The summed E-state index contributed by atoms with van der Waals surface area (Å²) >= 11 is 2.50. The standard InChI is InChI=1S/C30H30N6O7S2/c1-3-43-29(39)26-21-9-5-7-11-23(21)45-28(26)32-25(37)17-44-30-34-33-24(35(30)18-12-14-19(15-13-18)36(40)41)16-31-27(38)20-8-4-6-10-22(20)42-2/h4,6,8,10,12-15H,3,5,7,9,11,16-17H2,1-2H3,(H,31,38)(H,32,37). The quantitative estimate of drug-likeness (QED) is 0.0925. The van der Waals surface area contributed by atoms with Crippen LogP contribution in [0, 0.1) is 10.1 Å². The SMILES string of the molecule is CCOC(=O)c1c(NC(=O)CSc2nnc(CNC(=O)c3ccccc3OC)n2-c2ccc([N+](=O)[O-])cc2)sc2c1CCCC2. The van der Waals surface area contributed by atoms with E-state index in [0.29, 0.717) is 38.5 Å². The molecule has 2 heterocycles. The van der Waals surface area contributed by atoms with Gasteiger partial charge in [0.05, 0.1) is 42.1 Å². The lowest BCUT2D eigenvalue weighted by Crippen LogP contribution is -2.25. The van der Waals surface area contributed by atoms with Crippen LogP contribution in [0.15, 0.2) is 53.7 Å². The first-order chi connectivity index (χ1) is 21.8. The second-order valence-electron chi connectivity index (χ2n) is 9.86. The summed E-state index contributed by atoms with van der Waals surface area (Å²) in [5.74, 6) is -0.512. The molecule has 15 heteroatoms. The number of carbonyl (C=O) groups excluding carboxylic acids is 3. The van der Waals surface area contributed by atoms with E-state index in [4.69, 9.17) is 9.47 Å². The normalized spacial score (nSPS) is 12.2. The Morgan fingerprint density at radius 3 is 2.58 bits per heavy atom. The van der Waals surface area contributed by atoms with Crippen molar-refractivity contribution >= 4 is 51.6 Å². The highest BCUT2D eigenvalue weighted by molar-refractivity contribution is 7.99. The largest absolute Gasteiger partial charge is 0.496 e. The summed E-state index contributed by atoms with van der Waals surface area (Å²) in [5.41, 5.74) is 2.13. The summed E-state index contributed by atoms with van der Waals surface area (Å²) in [6.07, 6.45) is 3.61. The van der Waals surface area contributed by atoms with Crippen LogP contribution in [0.2, 0.25) is 0 Å². The monoisotopic (exact) mass is 650 g/mol. The van der Waals surface area contributed by atoms with Gasteiger partial charge in [-0.05, 0) is 62.4 Å². The van der Waals surface area contributed by atoms with Crippen LogP contribution in [0.4, 0.5) is 10.7 Å². The predicted octanol–water partition coefficient (Wildman–Crippen LogP) is 4.96. The van der Waals surface area contributed by atoms with Crippen LogP contribution in [0.1, 0.15) is 56.7 Å². The summed E-state index contributed by atoms with van der Waals surface area (Å²) in [6, 6.07) is 12.6. The summed E-state index contributed by atoms with van der Waals surface area (Å²) in [5, 5.41) is 26.2. The molecule has 0 aliphatic heterocycles. The van der Waals surface area contributed by atoms with Crippen molar-refractivity contribution < 1.29 is 28.8 Å². The molecule has 5 rings (SSSR count). The number of thiophene rings is 1. The zero-order valence-electron chi connectivity index (χ0n) is 24.5. The minimum atomic E-state index is -0.503. The number of nitro groups is 1. The average Bonchev–Trinajstić information content (AvgIpc) is 3.63. The van der Waals surface area contributed by atoms with Gasteiger partial charge in [-0.25, -0.2) is 4.79 Å². The molecule has 45 heavy (non-hydrogen) atoms. The highest BCUT2D eigenvalue weighted by Crippen LogP contribution is 2.39. The van der Waals surface area contributed by atoms with Gasteiger partial charge in [0.2, 0.25) is 5.91 Å². The van der Waals surface area contributed by atoms with E-state index in [0.717, 1.165) is 47.9 Å². The molecule has 0 atom stereocenters. The number of aromatic nitrogens is 3. The maximum atomic E-state index is 13.2. The van der Waals surface area contributed by atoms with Gasteiger partial charge in [0.15, 0.2) is 11.0 Å². The minimum absolute atomic E-state index is 0.0305. The van der Waals surface area contributed by atoms with Crippen LogP contribution >= 0.6 is 23.1 Å². The number of benzene rings is 2. The van der Waals surface area contributed by atoms with Crippen LogP contribution < -0.4 is 15.4 Å². The smallest absolute Gasteiger partial charge is 0.341 e. The van der Waals surface area contributed by atoms with Crippen molar-refractivity contribution in [2.75, 3.05) is 24.8 Å². The second kappa shape index (κ2) is 14.3. The summed E-state index contributed by atoms with van der Waals surface area (Å²) in [6.45, 7) is 1.94. The first-order valence-corrected chi connectivity index (χ1v) is 16.0. The van der Waals surface area contributed by atoms with E-state index in [9.17, 15) is 24.5 Å². The van der Waals surface area contributed by atoms with Crippen molar-refractivity contribution in [1.29, 1.82) is 0 Å². The van der Waals surface area contributed by atoms with E-state index in [1.54, 1.807) is 47.9 Å². The molecule has 2 amide bonds. The Labute approximate surface area is 266 Å². The number of nitro benzene ring substituents is 1. The lowest BCUT2D eigenvalue weighted by molar-refractivity contribution is -0.384. The van der Waals surface area contributed by atoms with Gasteiger partial charge in [0, 0.05) is 22.7 Å². The molecule has 1 aliphatic carbocycles. The maximum Gasteiger partial charge on any atom is 0.341 e. The number of fused-ring (bicyclic) bond motifs is 1. The zero-order chi connectivity index (χ0) is 31.9. The summed E-state index contributed by atoms with van der Waals surface area (Å²) in [7, 11) is 1.47. The Bertz CT molecular complexity index is 1730. The van der Waals surface area contributed by atoms with Crippen LogP contribution in [0.5, 0.6) is 5.75 Å². The number of anilines is 1. The molecule has 0 saturated heterocycles. The Balaban J connectivity index is 1.36. The van der Waals surface area contributed by atoms with E-state index in [2.05, 4.69) is 20.8 Å². The fourth-order valence-corrected chi connectivity index (χ4v) is 7.01. The number of aryl methyl sites for hydroxylation is 1. The van der Waals surface area contributed by atoms with E-state index in [1.165, 1.54) is 30.6 Å². The first-order valence-electron chi connectivity index (χ1n) is 14.1. The van der Waals surface area contributed by atoms with Crippen molar-refractivity contribution in [3.63, 3.8) is 0 Å². The molecule has 0 radical (unpaired) electrons. The number of hydrogen-bond acceptors (Lipinski definition) is 11. The van der Waals surface area contributed by atoms with Crippen molar-refractivity contribution in [2.24, 2.45) is 0 Å². The third-order valence-electron chi connectivity index (χ3n) is 7.01. The highest BCUT2D eigenvalue weighted by atomic mass is 32.2. The number of nitrogens with zero attached hydrogens (tertiary/aromatic N) is 4. The topological polar surface area (TPSA) is 168 Å². The van der Waals surface area contributed by atoms with Crippen LogP contribution in [-0.2, 0) is 28.9 Å². The number of para-hydroxylation sites is 1. The number of methoxy groups -OCH3 is 1. The number of carbonyl (C=O) groups is 3. The summed E-state index contributed by atoms with van der Waals surface area (Å²) in [4.78, 5) is 50.7. The molecule has 2 N–H and O–H groups in total. The Kier molecular flexibility index (Phi) is 10.1. The molecule has 2 aromatic heterocycles. The number of hydrogen-bond donors (Lipinski definition) is 2. The van der Waals surface area contributed by atoms with Gasteiger partial charge >= 0.3 is 5.97 Å². The fraction of sp³-hybridized carbons (Fsp3) is 0.300. The van der Waals surface area contributed by atoms with Crippen LogP contribution in [-0.4, -0.2) is 56.9 Å². The summed E-state index contributed by atoms with van der Waals surface area (Å²) < 4.78 is 12.2. The number of ether oxygens (including phenoxy) is 2. The van der Waals surface area contributed by atoms with E-state index in [1.807, 2.05) is 0 Å². The predicted molar refractivity (Wildman–Crippen MR) is 168 cm³/mol. The van der Waals surface area contributed by atoms with Gasteiger partial charge in [-0.3, -0.25) is 24.3 Å². The molecule has 0 unspecified atom stereocenters. The molecular weight excluding hydrogens is 620 g/mol. The van der Waals surface area contributed by atoms with E-state index in [-0.39, 0.29) is 30.5 Å². The third-order valence-corrected chi connectivity index (χ3v) is 9.15. The zero-order valence-corrected chi connectivity index (χ0v) is 26.2. The minimum Gasteiger partial charge on any atom is -0.496 e. The molecule has 13 nitrogen and oxygen atoms in total. The molecule has 0 saturated carbocycles. The van der Waals surface area contributed by atoms with Gasteiger partial charge in [-0.1, -0.05) is 23.9 Å². The third kappa shape index (κ3) is 7.15. The highest BCUT2D eigenvalue weighted by Gasteiger charge is 2.27. The number of esters is 1. The molecule has 0 fully saturated rings. The molecule has 2 aromatic carbocycles. The van der Waals surface area contributed by atoms with Gasteiger partial charge in [0.25, 0.3) is 11.6 Å². The van der Waals surface area contributed by atoms with Gasteiger partial charge in [-0.15, -0.1) is 21.5 Å². The van der Waals surface area contributed by atoms with Crippen LogP contribution in [0.25, 0.3) is 5.69 Å². The molecular formula is C30H30N6O7S2. The number of rotatable bonds is 12. The average molecular weight is 651 g/mol. The number of nitrogens with one attached hydrogen (secondary N) is 2. The Morgan fingerprint density at radius 1 is 1.09 bits per heavy atom. The molecule has 234 valence electrons. The van der Waals surface area contributed by atoms with Gasteiger partial charge in [0.1, 0.15) is 10.8 Å². The van der Waals surface area contributed by atoms with Crippen molar-refractivity contribution in [1.82, 2.24) is 20.1 Å². The molecule has 4 aromatic rings. The van der Waals surface area contributed by atoms with Crippen LogP contribution in [0.3, 0.4) is 0 Å².